The quantitative estimate of drug-likeness (QED) is 0.330. The molecule has 0 atom stereocenters. The van der Waals surface area contributed by atoms with Crippen molar-refractivity contribution in [2.45, 2.75) is 0 Å². The van der Waals surface area contributed by atoms with Crippen LogP contribution in [0, 0.1) is 0 Å². The molecule has 0 unspecified atom stereocenters. The minimum Gasteiger partial charge on any atom is -0.491 e. The maximum atomic E-state index is 11.7. The molecular formula is C9H11FN2O2. The second-order valence-electron chi connectivity index (χ2n) is 2.55. The second kappa shape index (κ2) is 5.06. The van der Waals surface area contributed by atoms with Crippen molar-refractivity contribution >= 4 is 5.84 Å². The van der Waals surface area contributed by atoms with E-state index in [1.54, 1.807) is 24.3 Å². The van der Waals surface area contributed by atoms with Gasteiger partial charge in [-0.05, 0) is 24.3 Å². The van der Waals surface area contributed by atoms with E-state index in [2.05, 4.69) is 5.16 Å². The molecule has 0 saturated carbocycles. The summed E-state index contributed by atoms with van der Waals surface area (Å²) < 4.78 is 16.7. The Morgan fingerprint density at radius 2 is 2.07 bits per heavy atom. The third kappa shape index (κ3) is 2.62. The summed E-state index contributed by atoms with van der Waals surface area (Å²) >= 11 is 0. The van der Waals surface area contributed by atoms with Gasteiger partial charge in [-0.1, -0.05) is 5.16 Å². The Morgan fingerprint density at radius 1 is 1.43 bits per heavy atom. The van der Waals surface area contributed by atoms with Gasteiger partial charge < -0.3 is 15.7 Å². The highest BCUT2D eigenvalue weighted by atomic mass is 19.1. The first kappa shape index (κ1) is 10.3. The van der Waals surface area contributed by atoms with Crippen LogP contribution in [0.2, 0.25) is 0 Å². The van der Waals surface area contributed by atoms with Crippen molar-refractivity contribution in [2.24, 2.45) is 10.9 Å². The van der Waals surface area contributed by atoms with E-state index in [0.29, 0.717) is 11.3 Å². The molecule has 1 rings (SSSR count). The zero-order chi connectivity index (χ0) is 10.4. The number of hydrogen-bond donors (Lipinski definition) is 2. The average molecular weight is 198 g/mol. The second-order valence-corrected chi connectivity index (χ2v) is 2.55. The maximum absolute atomic E-state index is 11.7. The van der Waals surface area contributed by atoms with Crippen molar-refractivity contribution in [3.63, 3.8) is 0 Å². The lowest BCUT2D eigenvalue weighted by Gasteiger charge is -2.04. The first-order valence-electron chi connectivity index (χ1n) is 4.04. The van der Waals surface area contributed by atoms with Gasteiger partial charge in [-0.3, -0.25) is 0 Å². The third-order valence-electron chi connectivity index (χ3n) is 1.60. The van der Waals surface area contributed by atoms with Crippen molar-refractivity contribution in [3.8, 4) is 5.75 Å². The Kier molecular flexibility index (Phi) is 3.72. The molecule has 0 aliphatic carbocycles. The molecule has 0 aliphatic heterocycles. The first-order chi connectivity index (χ1) is 6.77. The molecule has 0 radical (unpaired) electrons. The van der Waals surface area contributed by atoms with E-state index < -0.39 is 6.67 Å². The Labute approximate surface area is 80.8 Å². The molecule has 0 aromatic heterocycles. The lowest BCUT2D eigenvalue weighted by Crippen LogP contribution is -2.12. The van der Waals surface area contributed by atoms with Gasteiger partial charge in [0.05, 0.1) is 0 Å². The van der Waals surface area contributed by atoms with Crippen molar-refractivity contribution in [3.05, 3.63) is 29.8 Å². The standard InChI is InChI=1S/C9H11FN2O2/c10-5-6-14-8-3-1-7(2-4-8)9(11)12-13/h1-4,13H,5-6H2,(H2,11,12). The number of hydrogen-bond acceptors (Lipinski definition) is 3. The predicted octanol–water partition coefficient (Wildman–Crippen LogP) is 1.13. The molecule has 0 saturated heterocycles. The molecule has 0 heterocycles. The highest BCUT2D eigenvalue weighted by molar-refractivity contribution is 5.97. The van der Waals surface area contributed by atoms with Gasteiger partial charge in [-0.2, -0.15) is 0 Å². The Bertz CT molecular complexity index is 311. The molecule has 4 nitrogen and oxygen atoms in total. The number of nitrogens with zero attached hydrogens (tertiary/aromatic N) is 1. The highest BCUT2D eigenvalue weighted by Gasteiger charge is 1.99. The van der Waals surface area contributed by atoms with Gasteiger partial charge >= 0.3 is 0 Å². The first-order valence-corrected chi connectivity index (χ1v) is 4.04. The number of amidine groups is 1. The van der Waals surface area contributed by atoms with Crippen LogP contribution in [0.4, 0.5) is 4.39 Å². The lowest BCUT2D eigenvalue weighted by molar-refractivity contribution is 0.273. The van der Waals surface area contributed by atoms with Crippen LogP contribution in [-0.2, 0) is 0 Å². The van der Waals surface area contributed by atoms with Crippen molar-refractivity contribution in [1.82, 2.24) is 0 Å². The molecule has 0 fully saturated rings. The SMILES string of the molecule is N/C(=N/O)c1ccc(OCCF)cc1. The summed E-state index contributed by atoms with van der Waals surface area (Å²) in [7, 11) is 0. The van der Waals surface area contributed by atoms with Crippen LogP contribution >= 0.6 is 0 Å². The van der Waals surface area contributed by atoms with Gasteiger partial charge in [0, 0.05) is 5.56 Å². The summed E-state index contributed by atoms with van der Waals surface area (Å²) in [6, 6.07) is 6.51. The number of rotatable bonds is 4. The fourth-order valence-corrected chi connectivity index (χ4v) is 0.936. The van der Waals surface area contributed by atoms with Crippen LogP contribution in [0.15, 0.2) is 29.4 Å². The summed E-state index contributed by atoms with van der Waals surface area (Å²) in [6.07, 6.45) is 0. The van der Waals surface area contributed by atoms with Crippen LogP contribution in [0.3, 0.4) is 0 Å². The molecule has 1 aromatic rings. The van der Waals surface area contributed by atoms with E-state index in [0.717, 1.165) is 0 Å². The summed E-state index contributed by atoms with van der Waals surface area (Å²) in [5, 5.41) is 11.2. The maximum Gasteiger partial charge on any atom is 0.170 e. The van der Waals surface area contributed by atoms with Crippen LogP contribution in [0.25, 0.3) is 0 Å². The Morgan fingerprint density at radius 3 is 2.57 bits per heavy atom. The smallest absolute Gasteiger partial charge is 0.170 e. The third-order valence-corrected chi connectivity index (χ3v) is 1.60. The van der Waals surface area contributed by atoms with E-state index >= 15 is 0 Å². The zero-order valence-electron chi connectivity index (χ0n) is 7.48. The monoisotopic (exact) mass is 198 g/mol. The minimum absolute atomic E-state index is 0.0297. The summed E-state index contributed by atoms with van der Waals surface area (Å²) in [6.45, 7) is -0.495. The number of halogens is 1. The van der Waals surface area contributed by atoms with Gasteiger partial charge in [0.15, 0.2) is 5.84 Å². The van der Waals surface area contributed by atoms with Crippen LogP contribution in [0.5, 0.6) is 5.75 Å². The molecule has 3 N–H and O–H groups in total. The predicted molar refractivity (Wildman–Crippen MR) is 50.4 cm³/mol. The average Bonchev–Trinajstić information content (AvgIpc) is 2.26. The normalized spacial score (nSPS) is 11.4. The summed E-state index contributed by atoms with van der Waals surface area (Å²) in [5.74, 6) is 0.583. The fraction of sp³-hybridized carbons (Fsp3) is 0.222. The lowest BCUT2D eigenvalue weighted by atomic mass is 10.2. The number of ether oxygens (including phenoxy) is 1. The number of alkyl halides is 1. The molecular weight excluding hydrogens is 187 g/mol. The van der Waals surface area contributed by atoms with Crippen molar-refractivity contribution in [2.75, 3.05) is 13.3 Å². The molecule has 76 valence electrons. The van der Waals surface area contributed by atoms with Crippen LogP contribution in [0.1, 0.15) is 5.56 Å². The van der Waals surface area contributed by atoms with E-state index in [1.165, 1.54) is 0 Å². The highest BCUT2D eigenvalue weighted by Crippen LogP contribution is 2.11. The zero-order valence-corrected chi connectivity index (χ0v) is 7.48. The molecule has 0 aliphatic rings. The topological polar surface area (TPSA) is 67.8 Å². The van der Waals surface area contributed by atoms with E-state index in [1.807, 2.05) is 0 Å². The molecule has 14 heavy (non-hydrogen) atoms. The van der Waals surface area contributed by atoms with Crippen molar-refractivity contribution in [1.29, 1.82) is 0 Å². The Balaban J connectivity index is 2.68. The van der Waals surface area contributed by atoms with Crippen molar-refractivity contribution < 1.29 is 14.3 Å². The van der Waals surface area contributed by atoms with E-state index in [9.17, 15) is 4.39 Å². The molecule has 0 amide bonds. The summed E-state index contributed by atoms with van der Waals surface area (Å²) in [4.78, 5) is 0. The molecule has 0 spiro atoms. The van der Waals surface area contributed by atoms with Gasteiger partial charge in [-0.25, -0.2) is 4.39 Å². The molecule has 5 heteroatoms. The van der Waals surface area contributed by atoms with Crippen LogP contribution < -0.4 is 10.5 Å². The minimum atomic E-state index is -0.526. The van der Waals surface area contributed by atoms with Gasteiger partial charge in [0.25, 0.3) is 0 Å². The Hall–Kier alpha value is -1.78. The van der Waals surface area contributed by atoms with Gasteiger partial charge in [-0.15, -0.1) is 0 Å². The van der Waals surface area contributed by atoms with Crippen LogP contribution in [-0.4, -0.2) is 24.3 Å². The number of nitrogens with two attached hydrogens (primary N) is 1. The fourth-order valence-electron chi connectivity index (χ4n) is 0.936. The van der Waals surface area contributed by atoms with Gasteiger partial charge in [0.1, 0.15) is 19.0 Å². The summed E-state index contributed by atoms with van der Waals surface area (Å²) in [5.41, 5.74) is 5.93. The molecule has 0 bridgehead atoms. The number of benzene rings is 1. The van der Waals surface area contributed by atoms with E-state index in [-0.39, 0.29) is 12.4 Å². The van der Waals surface area contributed by atoms with Gasteiger partial charge in [0.2, 0.25) is 0 Å². The molecule has 1 aromatic carbocycles. The largest absolute Gasteiger partial charge is 0.491 e. The number of oxime groups is 1. The van der Waals surface area contributed by atoms with E-state index in [4.69, 9.17) is 15.7 Å².